The molecule has 3 rings (SSSR count). The van der Waals surface area contributed by atoms with Crippen molar-refractivity contribution in [2.45, 2.75) is 19.4 Å². The highest BCUT2D eigenvalue weighted by Crippen LogP contribution is 2.19. The Bertz CT molecular complexity index is 1020. The summed E-state index contributed by atoms with van der Waals surface area (Å²) in [5.41, 5.74) is -0.711. The first-order chi connectivity index (χ1) is 13.8. The van der Waals surface area contributed by atoms with Crippen molar-refractivity contribution in [1.82, 2.24) is 14.0 Å². The van der Waals surface area contributed by atoms with Gasteiger partial charge in [0, 0.05) is 51.4 Å². The third kappa shape index (κ3) is 4.64. The van der Waals surface area contributed by atoms with Crippen LogP contribution in [-0.2, 0) is 18.9 Å². The molecule has 0 aliphatic carbocycles. The number of aromatic nitrogens is 2. The molecule has 1 amide bonds. The lowest BCUT2D eigenvalue weighted by Crippen LogP contribution is -2.43. The van der Waals surface area contributed by atoms with Crippen LogP contribution < -0.4 is 20.9 Å². The molecule has 0 N–H and O–H groups in total. The minimum atomic E-state index is -0.645. The molecule has 1 fully saturated rings. The van der Waals surface area contributed by atoms with Gasteiger partial charge in [-0.25, -0.2) is 4.79 Å². The minimum absolute atomic E-state index is 0.107. The molecular weight excluding hydrogens is 396 g/mol. The van der Waals surface area contributed by atoms with Crippen LogP contribution in [-0.4, -0.2) is 52.2 Å². The molecule has 0 spiro atoms. The largest absolute Gasteiger partial charge is 0.481 e. The number of nitrogens with zero attached hydrogens (tertiary/aromatic N) is 4. The fourth-order valence-electron chi connectivity index (χ4n) is 3.44. The molecule has 8 nitrogen and oxygen atoms in total. The summed E-state index contributed by atoms with van der Waals surface area (Å²) in [5, 5.41) is 0.548. The molecular formula is C20H25ClN4O4. The van der Waals surface area contributed by atoms with Crippen LogP contribution in [0.25, 0.3) is 0 Å². The molecule has 1 saturated heterocycles. The molecule has 2 heterocycles. The monoisotopic (exact) mass is 420 g/mol. The van der Waals surface area contributed by atoms with Crippen molar-refractivity contribution in [3.63, 3.8) is 0 Å². The Morgan fingerprint density at radius 2 is 1.83 bits per heavy atom. The van der Waals surface area contributed by atoms with Crippen molar-refractivity contribution < 1.29 is 9.53 Å². The maximum absolute atomic E-state index is 12.8. The van der Waals surface area contributed by atoms with E-state index >= 15 is 0 Å². The van der Waals surface area contributed by atoms with Gasteiger partial charge in [-0.05, 0) is 31.5 Å². The molecule has 1 aliphatic heterocycles. The maximum atomic E-state index is 12.8. The molecule has 1 atom stereocenters. The third-order valence-corrected chi connectivity index (χ3v) is 5.32. The summed E-state index contributed by atoms with van der Waals surface area (Å²) in [7, 11) is 3.10. The average molecular weight is 421 g/mol. The van der Waals surface area contributed by atoms with Crippen LogP contribution in [0, 0.1) is 0 Å². The number of rotatable bonds is 4. The second-order valence-electron chi connectivity index (χ2n) is 7.12. The number of halogens is 1. The molecule has 1 aromatic heterocycles. The lowest BCUT2D eigenvalue weighted by molar-refractivity contribution is -0.137. The van der Waals surface area contributed by atoms with Gasteiger partial charge in [-0.3, -0.25) is 18.7 Å². The Hall–Kier alpha value is -2.74. The quantitative estimate of drug-likeness (QED) is 0.743. The van der Waals surface area contributed by atoms with E-state index in [0.717, 1.165) is 11.0 Å². The van der Waals surface area contributed by atoms with Crippen molar-refractivity contribution >= 4 is 23.3 Å². The van der Waals surface area contributed by atoms with Crippen molar-refractivity contribution in [2.75, 3.05) is 31.1 Å². The van der Waals surface area contributed by atoms with Crippen LogP contribution >= 0.6 is 11.6 Å². The van der Waals surface area contributed by atoms with E-state index in [1.807, 2.05) is 4.90 Å². The number of benzene rings is 1. The van der Waals surface area contributed by atoms with Crippen LogP contribution in [0.3, 0.4) is 0 Å². The Kier molecular flexibility index (Phi) is 6.32. The van der Waals surface area contributed by atoms with E-state index < -0.39 is 6.10 Å². The van der Waals surface area contributed by atoms with E-state index in [2.05, 4.69) is 0 Å². The van der Waals surface area contributed by atoms with Gasteiger partial charge in [0.2, 0.25) is 0 Å². The number of anilines is 1. The molecule has 1 aliphatic rings. The van der Waals surface area contributed by atoms with Gasteiger partial charge in [0.15, 0.2) is 6.10 Å². The van der Waals surface area contributed by atoms with E-state index in [1.54, 1.807) is 43.1 Å². The second kappa shape index (κ2) is 8.73. The number of hydrogen-bond donors (Lipinski definition) is 0. The lowest BCUT2D eigenvalue weighted by atomic mass is 10.3. The van der Waals surface area contributed by atoms with Gasteiger partial charge in [-0.15, -0.1) is 0 Å². The highest BCUT2D eigenvalue weighted by molar-refractivity contribution is 6.30. The summed E-state index contributed by atoms with van der Waals surface area (Å²) in [6.07, 6.45) is 0.0762. The summed E-state index contributed by atoms with van der Waals surface area (Å²) >= 11 is 5.97. The standard InChI is InChI=1S/C20H25ClN4O4/c1-14(29-16-7-4-6-15(21)12-16)19(27)25-9-5-8-24(10-11-25)17-13-18(26)23(3)20(28)22(17)2/h4,6-7,12-14H,5,8-11H2,1-3H3/t14-/m1/s1. The average Bonchev–Trinajstić information content (AvgIpc) is 2.94. The van der Waals surface area contributed by atoms with Gasteiger partial charge in [0.05, 0.1) is 0 Å². The highest BCUT2D eigenvalue weighted by atomic mass is 35.5. The number of ether oxygens (including phenoxy) is 1. The van der Waals surface area contributed by atoms with Gasteiger partial charge < -0.3 is 14.5 Å². The minimum Gasteiger partial charge on any atom is -0.481 e. The van der Waals surface area contributed by atoms with Gasteiger partial charge in [0.1, 0.15) is 11.6 Å². The lowest BCUT2D eigenvalue weighted by Gasteiger charge is -2.26. The number of carbonyl (C=O) groups is 1. The van der Waals surface area contributed by atoms with Gasteiger partial charge in [-0.1, -0.05) is 17.7 Å². The Morgan fingerprint density at radius 3 is 2.55 bits per heavy atom. The maximum Gasteiger partial charge on any atom is 0.332 e. The molecule has 29 heavy (non-hydrogen) atoms. The first kappa shape index (κ1) is 21.0. The fourth-order valence-corrected chi connectivity index (χ4v) is 3.62. The third-order valence-electron chi connectivity index (χ3n) is 5.09. The van der Waals surface area contributed by atoms with Crippen LogP contribution in [0.2, 0.25) is 5.02 Å². The first-order valence-corrected chi connectivity index (χ1v) is 9.88. The molecule has 2 aromatic rings. The van der Waals surface area contributed by atoms with Crippen molar-refractivity contribution in [3.8, 4) is 5.75 Å². The Balaban J connectivity index is 1.69. The zero-order valence-corrected chi connectivity index (χ0v) is 17.6. The van der Waals surface area contributed by atoms with Crippen molar-refractivity contribution in [1.29, 1.82) is 0 Å². The molecule has 0 unspecified atom stereocenters. The SMILES string of the molecule is C[C@@H](Oc1cccc(Cl)c1)C(=O)N1CCCN(c2cc(=O)n(C)c(=O)n2C)CC1. The molecule has 9 heteroatoms. The first-order valence-electron chi connectivity index (χ1n) is 9.51. The van der Waals surface area contributed by atoms with E-state index in [1.165, 1.54) is 17.7 Å². The van der Waals surface area contributed by atoms with Crippen LogP contribution in [0.15, 0.2) is 39.9 Å². The zero-order chi connectivity index (χ0) is 21.1. The summed E-state index contributed by atoms with van der Waals surface area (Å²) in [5.74, 6) is 1.00. The summed E-state index contributed by atoms with van der Waals surface area (Å²) in [6.45, 7) is 3.95. The topological polar surface area (TPSA) is 76.8 Å². The van der Waals surface area contributed by atoms with E-state index in [-0.39, 0.29) is 17.2 Å². The summed E-state index contributed by atoms with van der Waals surface area (Å²) in [4.78, 5) is 40.8. The normalized spacial score (nSPS) is 15.7. The second-order valence-corrected chi connectivity index (χ2v) is 7.56. The molecule has 0 bridgehead atoms. The van der Waals surface area contributed by atoms with Gasteiger partial charge >= 0.3 is 5.69 Å². The fraction of sp³-hybridized carbons (Fsp3) is 0.450. The molecule has 0 radical (unpaired) electrons. The Labute approximate surface area is 173 Å². The van der Waals surface area contributed by atoms with Crippen LogP contribution in [0.5, 0.6) is 5.75 Å². The number of amides is 1. The predicted molar refractivity (Wildman–Crippen MR) is 112 cm³/mol. The van der Waals surface area contributed by atoms with Crippen LogP contribution in [0.4, 0.5) is 5.82 Å². The molecule has 0 saturated carbocycles. The van der Waals surface area contributed by atoms with Gasteiger partial charge in [-0.2, -0.15) is 0 Å². The van der Waals surface area contributed by atoms with Crippen molar-refractivity contribution in [3.05, 3.63) is 56.2 Å². The van der Waals surface area contributed by atoms with E-state index in [4.69, 9.17) is 16.3 Å². The number of carbonyl (C=O) groups excluding carboxylic acids is 1. The Morgan fingerprint density at radius 1 is 1.07 bits per heavy atom. The highest BCUT2D eigenvalue weighted by Gasteiger charge is 2.25. The summed E-state index contributed by atoms with van der Waals surface area (Å²) < 4.78 is 8.28. The number of hydrogen-bond acceptors (Lipinski definition) is 5. The summed E-state index contributed by atoms with van der Waals surface area (Å²) in [6, 6.07) is 8.41. The van der Waals surface area contributed by atoms with E-state index in [0.29, 0.717) is 42.8 Å². The zero-order valence-electron chi connectivity index (χ0n) is 16.8. The van der Waals surface area contributed by atoms with Crippen LogP contribution in [0.1, 0.15) is 13.3 Å². The smallest absolute Gasteiger partial charge is 0.332 e. The van der Waals surface area contributed by atoms with Gasteiger partial charge in [0.25, 0.3) is 11.5 Å². The van der Waals surface area contributed by atoms with Crippen molar-refractivity contribution in [2.24, 2.45) is 14.1 Å². The van der Waals surface area contributed by atoms with E-state index in [9.17, 15) is 14.4 Å². The predicted octanol–water partition coefficient (Wildman–Crippen LogP) is 1.24. The molecule has 156 valence electrons. The molecule has 1 aromatic carbocycles.